The van der Waals surface area contributed by atoms with Gasteiger partial charge < -0.3 is 10.5 Å². The Balaban J connectivity index is 1.97. The van der Waals surface area contributed by atoms with Crippen molar-refractivity contribution in [2.24, 2.45) is 5.73 Å². The molecule has 128 valence electrons. The Morgan fingerprint density at radius 1 is 1.19 bits per heavy atom. The van der Waals surface area contributed by atoms with Crippen LogP contribution >= 0.6 is 0 Å². The van der Waals surface area contributed by atoms with Gasteiger partial charge in [0.25, 0.3) is 0 Å². The average molecular weight is 346 g/mol. The number of aromatic nitrogens is 2. The van der Waals surface area contributed by atoms with Gasteiger partial charge in [-0.05, 0) is 36.8 Å². The second-order valence-electron chi connectivity index (χ2n) is 6.03. The Hall–Kier alpha value is -3.59. The van der Waals surface area contributed by atoms with Crippen molar-refractivity contribution in [3.8, 4) is 17.6 Å². The zero-order chi connectivity index (χ0) is 18.3. The second-order valence-corrected chi connectivity index (χ2v) is 6.03. The molecule has 4 rings (SSSR count). The number of allylic oxidation sites excluding steroid dienone is 1. The number of fused-ring (bicyclic) bond motifs is 1. The molecule has 1 atom stereocenters. The number of para-hydroxylation sites is 1. The van der Waals surface area contributed by atoms with Crippen LogP contribution in [0.1, 0.15) is 22.7 Å². The average Bonchev–Trinajstić information content (AvgIpc) is 2.97. The van der Waals surface area contributed by atoms with E-state index >= 15 is 0 Å². The molecule has 1 aliphatic heterocycles. The van der Waals surface area contributed by atoms with E-state index in [4.69, 9.17) is 10.5 Å². The molecular weight excluding hydrogens is 331 g/mol. The molecule has 0 saturated heterocycles. The van der Waals surface area contributed by atoms with Crippen molar-refractivity contribution in [1.29, 1.82) is 5.26 Å². The fourth-order valence-corrected chi connectivity index (χ4v) is 3.28. The van der Waals surface area contributed by atoms with Gasteiger partial charge in [0, 0.05) is 0 Å². The van der Waals surface area contributed by atoms with Gasteiger partial charge >= 0.3 is 0 Å². The number of hydrogen-bond donors (Lipinski definition) is 1. The number of nitriles is 1. The molecule has 0 fully saturated rings. The summed E-state index contributed by atoms with van der Waals surface area (Å²) in [5, 5.41) is 14.2. The van der Waals surface area contributed by atoms with Gasteiger partial charge in [0.15, 0.2) is 0 Å². The Morgan fingerprint density at radius 3 is 2.65 bits per heavy atom. The summed E-state index contributed by atoms with van der Waals surface area (Å²) in [6, 6.07) is 17.8. The summed E-state index contributed by atoms with van der Waals surface area (Å²) in [6.07, 6.45) is 0. The van der Waals surface area contributed by atoms with E-state index < -0.39 is 5.92 Å². The van der Waals surface area contributed by atoms with Gasteiger partial charge in [-0.15, -0.1) is 0 Å². The first kappa shape index (κ1) is 15.9. The molecule has 0 bridgehead atoms. The van der Waals surface area contributed by atoms with E-state index in [0.29, 0.717) is 22.7 Å². The van der Waals surface area contributed by atoms with Crippen LogP contribution in [0.25, 0.3) is 5.69 Å². The summed E-state index contributed by atoms with van der Waals surface area (Å²) >= 11 is 0. The maximum absolute atomic E-state index is 13.8. The highest BCUT2D eigenvalue weighted by Gasteiger charge is 2.36. The highest BCUT2D eigenvalue weighted by atomic mass is 19.1. The summed E-state index contributed by atoms with van der Waals surface area (Å²) < 4.78 is 21.2. The minimum absolute atomic E-state index is 0.00587. The van der Waals surface area contributed by atoms with Crippen molar-refractivity contribution < 1.29 is 9.13 Å². The Bertz CT molecular complexity index is 1060. The van der Waals surface area contributed by atoms with Crippen LogP contribution in [0.4, 0.5) is 4.39 Å². The standard InChI is InChI=1S/C20H15FN4O/c1-12-17-18(13-6-5-7-14(21)10-13)16(11-22)19(23)26-20(17)25(24-12)15-8-3-2-4-9-15/h2-10,18H,23H2,1H3/t18-/m0/s1. The topological polar surface area (TPSA) is 76.9 Å². The molecule has 5 nitrogen and oxygen atoms in total. The molecule has 1 aliphatic rings. The minimum atomic E-state index is -0.531. The summed E-state index contributed by atoms with van der Waals surface area (Å²) in [5.41, 5.74) is 9.12. The van der Waals surface area contributed by atoms with Crippen LogP contribution < -0.4 is 10.5 Å². The minimum Gasteiger partial charge on any atom is -0.422 e. The first-order valence-corrected chi connectivity index (χ1v) is 8.08. The first-order chi connectivity index (χ1) is 12.6. The summed E-state index contributed by atoms with van der Waals surface area (Å²) in [5.74, 6) is -0.456. The number of rotatable bonds is 2. The molecule has 1 aromatic heterocycles. The third-order valence-electron chi connectivity index (χ3n) is 4.42. The molecular formula is C20H15FN4O. The number of ether oxygens (including phenoxy) is 1. The highest BCUT2D eigenvalue weighted by Crippen LogP contribution is 2.44. The fraction of sp³-hybridized carbons (Fsp3) is 0.100. The van der Waals surface area contributed by atoms with E-state index in [9.17, 15) is 9.65 Å². The first-order valence-electron chi connectivity index (χ1n) is 8.08. The predicted octanol–water partition coefficient (Wildman–Crippen LogP) is 3.54. The Morgan fingerprint density at radius 2 is 1.96 bits per heavy atom. The molecule has 0 amide bonds. The van der Waals surface area contributed by atoms with E-state index in [1.54, 1.807) is 16.8 Å². The van der Waals surface area contributed by atoms with Crippen LogP contribution in [-0.4, -0.2) is 9.78 Å². The van der Waals surface area contributed by atoms with Gasteiger partial charge in [-0.25, -0.2) is 9.07 Å². The van der Waals surface area contributed by atoms with Gasteiger partial charge in [-0.3, -0.25) is 0 Å². The molecule has 26 heavy (non-hydrogen) atoms. The SMILES string of the molecule is Cc1nn(-c2ccccc2)c2c1[C@@H](c1cccc(F)c1)C(C#N)=C(N)O2. The van der Waals surface area contributed by atoms with Crippen molar-refractivity contribution in [2.45, 2.75) is 12.8 Å². The molecule has 0 spiro atoms. The Labute approximate surface area is 149 Å². The zero-order valence-electron chi connectivity index (χ0n) is 14.0. The smallest absolute Gasteiger partial charge is 0.229 e. The third kappa shape index (κ3) is 2.42. The van der Waals surface area contributed by atoms with Crippen molar-refractivity contribution in [1.82, 2.24) is 9.78 Å². The van der Waals surface area contributed by atoms with E-state index in [1.807, 2.05) is 37.3 Å². The van der Waals surface area contributed by atoms with Crippen LogP contribution in [0.15, 0.2) is 66.1 Å². The van der Waals surface area contributed by atoms with Gasteiger partial charge in [0.1, 0.15) is 17.5 Å². The van der Waals surface area contributed by atoms with Gasteiger partial charge in [-0.2, -0.15) is 10.4 Å². The van der Waals surface area contributed by atoms with E-state index in [-0.39, 0.29) is 17.3 Å². The number of benzene rings is 2. The van der Waals surface area contributed by atoms with Crippen molar-refractivity contribution in [2.75, 3.05) is 0 Å². The van der Waals surface area contributed by atoms with Crippen LogP contribution in [0, 0.1) is 24.1 Å². The number of nitrogens with two attached hydrogens (primary N) is 1. The predicted molar refractivity (Wildman–Crippen MR) is 94.0 cm³/mol. The van der Waals surface area contributed by atoms with Crippen LogP contribution in [0.3, 0.4) is 0 Å². The third-order valence-corrected chi connectivity index (χ3v) is 4.42. The second kappa shape index (κ2) is 6.05. The number of aryl methyl sites for hydroxylation is 1. The molecule has 2 heterocycles. The molecule has 3 aromatic rings. The maximum Gasteiger partial charge on any atom is 0.229 e. The summed E-state index contributed by atoms with van der Waals surface area (Å²) in [6.45, 7) is 1.84. The maximum atomic E-state index is 13.8. The summed E-state index contributed by atoms with van der Waals surface area (Å²) in [7, 11) is 0. The van der Waals surface area contributed by atoms with E-state index in [1.165, 1.54) is 12.1 Å². The highest BCUT2D eigenvalue weighted by molar-refractivity contribution is 5.57. The van der Waals surface area contributed by atoms with E-state index in [0.717, 1.165) is 5.69 Å². The number of nitrogens with zero attached hydrogens (tertiary/aromatic N) is 3. The van der Waals surface area contributed by atoms with Crippen LogP contribution in [-0.2, 0) is 0 Å². The van der Waals surface area contributed by atoms with Gasteiger partial charge in [-0.1, -0.05) is 30.3 Å². The van der Waals surface area contributed by atoms with Crippen LogP contribution in [0.2, 0.25) is 0 Å². The largest absolute Gasteiger partial charge is 0.422 e. The quantitative estimate of drug-likeness (QED) is 0.770. The number of hydrogen-bond acceptors (Lipinski definition) is 4. The number of halogens is 1. The lowest BCUT2D eigenvalue weighted by molar-refractivity contribution is 0.367. The molecule has 0 saturated carbocycles. The molecule has 0 radical (unpaired) electrons. The Kier molecular flexibility index (Phi) is 3.70. The van der Waals surface area contributed by atoms with E-state index in [2.05, 4.69) is 11.2 Å². The normalized spacial score (nSPS) is 16.0. The monoisotopic (exact) mass is 346 g/mol. The van der Waals surface area contributed by atoms with Crippen molar-refractivity contribution in [3.05, 3.63) is 88.7 Å². The lowest BCUT2D eigenvalue weighted by Gasteiger charge is -2.24. The molecule has 2 N–H and O–H groups in total. The molecule has 6 heteroatoms. The molecule has 0 aliphatic carbocycles. The molecule has 0 unspecified atom stereocenters. The van der Waals surface area contributed by atoms with Gasteiger partial charge in [0.05, 0.1) is 22.9 Å². The fourth-order valence-electron chi connectivity index (χ4n) is 3.28. The lowest BCUT2D eigenvalue weighted by Crippen LogP contribution is -2.22. The molecule has 2 aromatic carbocycles. The van der Waals surface area contributed by atoms with Gasteiger partial charge in [0.2, 0.25) is 11.8 Å². The lowest BCUT2D eigenvalue weighted by atomic mass is 9.84. The van der Waals surface area contributed by atoms with Crippen LogP contribution in [0.5, 0.6) is 5.88 Å². The van der Waals surface area contributed by atoms with Crippen molar-refractivity contribution in [3.63, 3.8) is 0 Å². The summed E-state index contributed by atoms with van der Waals surface area (Å²) in [4.78, 5) is 0. The van der Waals surface area contributed by atoms with Crippen molar-refractivity contribution >= 4 is 0 Å². The zero-order valence-corrected chi connectivity index (χ0v) is 14.0.